The zero-order chi connectivity index (χ0) is 12.1. The molecule has 0 aromatic carbocycles. The van der Waals surface area contributed by atoms with E-state index >= 15 is 0 Å². The van der Waals surface area contributed by atoms with Gasteiger partial charge in [-0.15, -0.1) is 0 Å². The van der Waals surface area contributed by atoms with Crippen LogP contribution in [0.15, 0.2) is 18.3 Å². The molecule has 1 aliphatic heterocycles. The second-order valence-electron chi connectivity index (χ2n) is 4.60. The van der Waals surface area contributed by atoms with Crippen LogP contribution in [-0.4, -0.2) is 36.1 Å². The third-order valence-electron chi connectivity index (χ3n) is 3.10. The van der Waals surface area contributed by atoms with Gasteiger partial charge in [-0.2, -0.15) is 0 Å². The first-order valence-corrected chi connectivity index (χ1v) is 6.32. The van der Waals surface area contributed by atoms with Crippen LogP contribution in [0.2, 0.25) is 0 Å². The fourth-order valence-corrected chi connectivity index (χ4v) is 2.05. The normalized spacial score (nSPS) is 18.2. The summed E-state index contributed by atoms with van der Waals surface area (Å²) >= 11 is 0. The molecule has 2 rings (SSSR count). The highest BCUT2D eigenvalue weighted by molar-refractivity contribution is 5.21. The number of likely N-dealkylation sites (tertiary alicyclic amines) is 1. The van der Waals surface area contributed by atoms with Gasteiger partial charge in [-0.1, -0.05) is 0 Å². The molecule has 0 saturated carbocycles. The minimum Gasteiger partial charge on any atom is -0.491 e. The number of nitrogens with two attached hydrogens (primary N) is 1. The Bertz CT molecular complexity index is 331. The zero-order valence-electron chi connectivity index (χ0n) is 10.4. The van der Waals surface area contributed by atoms with Crippen LogP contribution in [0.5, 0.6) is 5.75 Å². The molecule has 1 fully saturated rings. The van der Waals surface area contributed by atoms with E-state index in [9.17, 15) is 0 Å². The molecular formula is C13H21N3O. The largest absolute Gasteiger partial charge is 0.491 e. The third-order valence-corrected chi connectivity index (χ3v) is 3.10. The van der Waals surface area contributed by atoms with Crippen molar-refractivity contribution in [3.8, 4) is 5.75 Å². The van der Waals surface area contributed by atoms with Gasteiger partial charge in [0.2, 0.25) is 0 Å². The van der Waals surface area contributed by atoms with E-state index in [-0.39, 0.29) is 6.04 Å². The minimum absolute atomic E-state index is 0.0198. The minimum atomic E-state index is -0.0198. The number of ether oxygens (including phenoxy) is 1. The molecule has 0 radical (unpaired) electrons. The lowest BCUT2D eigenvalue weighted by molar-refractivity contribution is 0.237. The molecule has 4 heteroatoms. The molecule has 2 N–H and O–H groups in total. The van der Waals surface area contributed by atoms with Gasteiger partial charge in [-0.3, -0.25) is 9.88 Å². The lowest BCUT2D eigenvalue weighted by Crippen LogP contribution is -2.25. The first-order chi connectivity index (χ1) is 8.25. The van der Waals surface area contributed by atoms with E-state index in [0.29, 0.717) is 0 Å². The van der Waals surface area contributed by atoms with Crippen LogP contribution in [-0.2, 0) is 0 Å². The Kier molecular flexibility index (Phi) is 4.34. The Morgan fingerprint density at radius 1 is 1.41 bits per heavy atom. The van der Waals surface area contributed by atoms with Crippen LogP contribution in [0, 0.1) is 0 Å². The van der Waals surface area contributed by atoms with Gasteiger partial charge in [0.1, 0.15) is 12.4 Å². The summed E-state index contributed by atoms with van der Waals surface area (Å²) in [6.45, 7) is 6.10. The smallest absolute Gasteiger partial charge is 0.137 e. The predicted octanol–water partition coefficient (Wildman–Crippen LogP) is 1.58. The summed E-state index contributed by atoms with van der Waals surface area (Å²) < 4.78 is 5.66. The Morgan fingerprint density at radius 2 is 2.18 bits per heavy atom. The molecule has 1 aromatic heterocycles. The Balaban J connectivity index is 1.74. The highest BCUT2D eigenvalue weighted by atomic mass is 16.5. The van der Waals surface area contributed by atoms with Gasteiger partial charge in [0.25, 0.3) is 0 Å². The summed E-state index contributed by atoms with van der Waals surface area (Å²) in [4.78, 5) is 6.70. The summed E-state index contributed by atoms with van der Waals surface area (Å²) in [7, 11) is 0. The summed E-state index contributed by atoms with van der Waals surface area (Å²) in [5.41, 5.74) is 6.64. The number of hydrogen-bond donors (Lipinski definition) is 1. The number of aromatic nitrogens is 1. The van der Waals surface area contributed by atoms with Gasteiger partial charge in [-0.05, 0) is 45.0 Å². The second kappa shape index (κ2) is 5.98. The highest BCUT2D eigenvalue weighted by Gasteiger charge is 2.10. The number of rotatable bonds is 5. The van der Waals surface area contributed by atoms with Crippen LogP contribution in [0.1, 0.15) is 31.5 Å². The van der Waals surface area contributed by atoms with Crippen LogP contribution in [0.3, 0.4) is 0 Å². The average Bonchev–Trinajstić information content (AvgIpc) is 2.83. The molecule has 94 valence electrons. The molecule has 17 heavy (non-hydrogen) atoms. The molecule has 1 aliphatic rings. The maximum Gasteiger partial charge on any atom is 0.137 e. The Hall–Kier alpha value is -1.13. The Labute approximate surface area is 103 Å². The van der Waals surface area contributed by atoms with Crippen molar-refractivity contribution in [2.75, 3.05) is 26.2 Å². The molecule has 0 aliphatic carbocycles. The van der Waals surface area contributed by atoms with E-state index in [1.54, 1.807) is 6.20 Å². The van der Waals surface area contributed by atoms with Crippen molar-refractivity contribution in [3.05, 3.63) is 24.0 Å². The molecule has 0 bridgehead atoms. The Morgan fingerprint density at radius 3 is 2.76 bits per heavy atom. The monoisotopic (exact) mass is 235 g/mol. The highest BCUT2D eigenvalue weighted by Crippen LogP contribution is 2.13. The fourth-order valence-electron chi connectivity index (χ4n) is 2.05. The van der Waals surface area contributed by atoms with Crippen molar-refractivity contribution in [1.82, 2.24) is 9.88 Å². The van der Waals surface area contributed by atoms with Crippen molar-refractivity contribution in [1.29, 1.82) is 0 Å². The van der Waals surface area contributed by atoms with E-state index in [1.165, 1.54) is 25.9 Å². The van der Waals surface area contributed by atoms with Crippen molar-refractivity contribution < 1.29 is 4.74 Å². The van der Waals surface area contributed by atoms with E-state index in [2.05, 4.69) is 9.88 Å². The molecular weight excluding hydrogens is 214 g/mol. The van der Waals surface area contributed by atoms with Crippen LogP contribution in [0.25, 0.3) is 0 Å². The summed E-state index contributed by atoms with van der Waals surface area (Å²) in [6.07, 6.45) is 4.40. The first kappa shape index (κ1) is 12.3. The second-order valence-corrected chi connectivity index (χ2v) is 4.60. The molecule has 1 aromatic rings. The summed E-state index contributed by atoms with van der Waals surface area (Å²) in [5.74, 6) is 0.827. The topological polar surface area (TPSA) is 51.4 Å². The first-order valence-electron chi connectivity index (χ1n) is 6.32. The van der Waals surface area contributed by atoms with Crippen LogP contribution >= 0.6 is 0 Å². The van der Waals surface area contributed by atoms with Gasteiger partial charge in [0, 0.05) is 12.6 Å². The quantitative estimate of drug-likeness (QED) is 0.841. The van der Waals surface area contributed by atoms with Crippen molar-refractivity contribution in [2.24, 2.45) is 5.73 Å². The summed E-state index contributed by atoms with van der Waals surface area (Å²) in [6, 6.07) is 3.85. The van der Waals surface area contributed by atoms with Crippen LogP contribution in [0.4, 0.5) is 0 Å². The standard InChI is InChI=1S/C13H21N3O/c1-11(14)13-5-4-12(10-15-13)17-9-8-16-6-2-3-7-16/h4-5,10-11H,2-3,6-9,14H2,1H3. The van der Waals surface area contributed by atoms with Gasteiger partial charge in [-0.25, -0.2) is 0 Å². The predicted molar refractivity (Wildman–Crippen MR) is 68.0 cm³/mol. The molecule has 0 amide bonds. The van der Waals surface area contributed by atoms with E-state index in [0.717, 1.165) is 24.6 Å². The molecule has 0 spiro atoms. The molecule has 1 unspecified atom stereocenters. The van der Waals surface area contributed by atoms with E-state index in [4.69, 9.17) is 10.5 Å². The van der Waals surface area contributed by atoms with Crippen molar-refractivity contribution in [3.63, 3.8) is 0 Å². The lowest BCUT2D eigenvalue weighted by atomic mass is 10.2. The average molecular weight is 235 g/mol. The molecule has 1 saturated heterocycles. The number of pyridine rings is 1. The summed E-state index contributed by atoms with van der Waals surface area (Å²) in [5, 5.41) is 0. The maximum atomic E-state index is 5.74. The SMILES string of the molecule is CC(N)c1ccc(OCCN2CCCC2)cn1. The van der Waals surface area contributed by atoms with Gasteiger partial charge < -0.3 is 10.5 Å². The molecule has 1 atom stereocenters. The number of nitrogens with zero attached hydrogens (tertiary/aromatic N) is 2. The van der Waals surface area contributed by atoms with Crippen LogP contribution < -0.4 is 10.5 Å². The van der Waals surface area contributed by atoms with E-state index < -0.39 is 0 Å². The zero-order valence-corrected chi connectivity index (χ0v) is 10.4. The molecule has 4 nitrogen and oxygen atoms in total. The fraction of sp³-hybridized carbons (Fsp3) is 0.615. The third kappa shape index (κ3) is 3.68. The van der Waals surface area contributed by atoms with E-state index in [1.807, 2.05) is 19.1 Å². The van der Waals surface area contributed by atoms with Gasteiger partial charge in [0.05, 0.1) is 11.9 Å². The lowest BCUT2D eigenvalue weighted by Gasteiger charge is -2.15. The molecule has 2 heterocycles. The van der Waals surface area contributed by atoms with Crippen molar-refractivity contribution >= 4 is 0 Å². The van der Waals surface area contributed by atoms with Gasteiger partial charge in [0.15, 0.2) is 0 Å². The van der Waals surface area contributed by atoms with Crippen molar-refractivity contribution in [2.45, 2.75) is 25.8 Å². The maximum absolute atomic E-state index is 5.74. The number of hydrogen-bond acceptors (Lipinski definition) is 4. The van der Waals surface area contributed by atoms with Gasteiger partial charge >= 0.3 is 0 Å².